The van der Waals surface area contributed by atoms with Crippen LogP contribution < -0.4 is 15.9 Å². The van der Waals surface area contributed by atoms with Crippen LogP contribution in [0.3, 0.4) is 0 Å². The summed E-state index contributed by atoms with van der Waals surface area (Å²) >= 11 is 1.97. The Morgan fingerprint density at radius 1 is 0.625 bits per heavy atom. The first kappa shape index (κ1) is 17.3. The van der Waals surface area contributed by atoms with Crippen molar-refractivity contribution in [3.05, 3.63) is 91.0 Å². The summed E-state index contributed by atoms with van der Waals surface area (Å²) in [5.74, 6) is 0. The molecular formula is C22H25PS. The van der Waals surface area contributed by atoms with Crippen molar-refractivity contribution in [1.29, 1.82) is 0 Å². The molecule has 0 bridgehead atoms. The summed E-state index contributed by atoms with van der Waals surface area (Å²) in [6, 6.07) is 33.4. The monoisotopic (exact) mass is 352 g/mol. The molecule has 2 heteroatoms. The molecule has 0 radical (unpaired) electrons. The molecule has 0 saturated carbocycles. The van der Waals surface area contributed by atoms with Gasteiger partial charge in [0.15, 0.2) is 0 Å². The molecule has 0 aliphatic rings. The van der Waals surface area contributed by atoms with Crippen molar-refractivity contribution in [2.45, 2.75) is 11.9 Å². The molecule has 0 saturated heterocycles. The Kier molecular flexibility index (Phi) is 4.85. The molecule has 0 aliphatic carbocycles. The van der Waals surface area contributed by atoms with Crippen molar-refractivity contribution in [3.8, 4) is 0 Å². The zero-order valence-electron chi connectivity index (χ0n) is 14.6. The van der Waals surface area contributed by atoms with E-state index in [1.54, 1.807) is 0 Å². The van der Waals surface area contributed by atoms with Gasteiger partial charge in [-0.05, 0) is 0 Å². The van der Waals surface area contributed by atoms with Crippen LogP contribution in [0, 0.1) is 0 Å². The summed E-state index contributed by atoms with van der Waals surface area (Å²) < 4.78 is 0. The van der Waals surface area contributed by atoms with E-state index >= 15 is 0 Å². The van der Waals surface area contributed by atoms with Gasteiger partial charge in [-0.1, -0.05) is 0 Å². The molecule has 3 aromatic rings. The van der Waals surface area contributed by atoms with Crippen molar-refractivity contribution < 1.29 is 0 Å². The van der Waals surface area contributed by atoms with Crippen molar-refractivity contribution in [2.75, 3.05) is 12.9 Å². The van der Waals surface area contributed by atoms with Crippen molar-refractivity contribution in [1.82, 2.24) is 0 Å². The van der Waals surface area contributed by atoms with Gasteiger partial charge in [0.1, 0.15) is 0 Å². The standard InChI is InChI=1S/C22H25PS/c1-19(24-3)23(2,20-13-7-4-8-14-20,21-15-9-5-10-16-21)22-17-11-6-12-18-22/h4-19H,1-3H3. The number of hydrogen-bond acceptors (Lipinski definition) is 1. The molecule has 0 spiro atoms. The van der Waals surface area contributed by atoms with Gasteiger partial charge < -0.3 is 0 Å². The fourth-order valence-corrected chi connectivity index (χ4v) is 12.0. The zero-order valence-corrected chi connectivity index (χ0v) is 16.3. The Morgan fingerprint density at radius 2 is 0.917 bits per heavy atom. The third kappa shape index (κ3) is 2.42. The van der Waals surface area contributed by atoms with Gasteiger partial charge in [-0.2, -0.15) is 0 Å². The number of thioether (sulfide) groups is 1. The predicted molar refractivity (Wildman–Crippen MR) is 114 cm³/mol. The van der Waals surface area contributed by atoms with Gasteiger partial charge in [-0.15, -0.1) is 0 Å². The van der Waals surface area contributed by atoms with Crippen LogP contribution in [0.2, 0.25) is 0 Å². The van der Waals surface area contributed by atoms with E-state index in [-0.39, 0.29) is 0 Å². The quantitative estimate of drug-likeness (QED) is 0.591. The molecule has 0 N–H and O–H groups in total. The van der Waals surface area contributed by atoms with E-state index in [4.69, 9.17) is 0 Å². The average molecular weight is 352 g/mol. The summed E-state index contributed by atoms with van der Waals surface area (Å²) in [5.41, 5.74) is 0. The Bertz CT molecular complexity index is 685. The van der Waals surface area contributed by atoms with E-state index in [1.165, 1.54) is 15.9 Å². The van der Waals surface area contributed by atoms with Gasteiger partial charge in [0.25, 0.3) is 0 Å². The molecule has 0 nitrogen and oxygen atoms in total. The van der Waals surface area contributed by atoms with E-state index in [9.17, 15) is 0 Å². The van der Waals surface area contributed by atoms with Crippen LogP contribution in [0.5, 0.6) is 0 Å². The first-order valence-electron chi connectivity index (χ1n) is 8.33. The van der Waals surface area contributed by atoms with E-state index in [0.29, 0.717) is 4.99 Å². The maximum absolute atomic E-state index is 2.58. The molecule has 3 rings (SSSR count). The third-order valence-corrected chi connectivity index (χ3v) is 15.1. The molecule has 24 heavy (non-hydrogen) atoms. The number of rotatable bonds is 5. The molecule has 0 heterocycles. The second-order valence-corrected chi connectivity index (χ2v) is 13.6. The molecule has 124 valence electrons. The minimum atomic E-state index is -2.58. The first-order valence-corrected chi connectivity index (χ1v) is 12.4. The van der Waals surface area contributed by atoms with Crippen LogP contribution >= 0.6 is 18.4 Å². The van der Waals surface area contributed by atoms with Crippen molar-refractivity contribution in [3.63, 3.8) is 0 Å². The van der Waals surface area contributed by atoms with Crippen LogP contribution in [0.1, 0.15) is 6.92 Å². The molecule has 0 aliphatic heterocycles. The molecule has 3 aromatic carbocycles. The van der Waals surface area contributed by atoms with Crippen molar-refractivity contribution >= 4 is 34.3 Å². The van der Waals surface area contributed by atoms with Crippen LogP contribution in [0.25, 0.3) is 0 Å². The topological polar surface area (TPSA) is 0 Å². The average Bonchev–Trinajstić information content (AvgIpc) is 2.69. The second kappa shape index (κ2) is 6.75. The number of benzene rings is 3. The summed E-state index contributed by atoms with van der Waals surface area (Å²) in [5, 5.41) is 4.38. The summed E-state index contributed by atoms with van der Waals surface area (Å²) in [7, 11) is 0. The van der Waals surface area contributed by atoms with Gasteiger partial charge in [0.2, 0.25) is 0 Å². The maximum atomic E-state index is 2.53. The fourth-order valence-electron chi connectivity index (χ4n) is 3.78. The number of hydrogen-bond donors (Lipinski definition) is 0. The molecular weight excluding hydrogens is 327 g/mol. The molecule has 1 atom stereocenters. The van der Waals surface area contributed by atoms with Gasteiger partial charge >= 0.3 is 150 Å². The van der Waals surface area contributed by atoms with Gasteiger partial charge in [-0.25, -0.2) is 0 Å². The normalized spacial score (nSPS) is 14.5. The third-order valence-electron chi connectivity index (χ3n) is 5.52. The second-order valence-electron chi connectivity index (χ2n) is 6.49. The Balaban J connectivity index is 2.48. The van der Waals surface area contributed by atoms with Gasteiger partial charge in [0, 0.05) is 0 Å². The SMILES string of the molecule is CSC(C)P(C)(c1ccccc1)(c1ccccc1)c1ccccc1. The minimum absolute atomic E-state index is 0.489. The van der Waals surface area contributed by atoms with Gasteiger partial charge in [-0.3, -0.25) is 0 Å². The van der Waals surface area contributed by atoms with Crippen LogP contribution in [0.4, 0.5) is 0 Å². The first-order chi connectivity index (χ1) is 11.6. The van der Waals surface area contributed by atoms with Gasteiger partial charge in [0.05, 0.1) is 0 Å². The predicted octanol–water partition coefficient (Wildman–Crippen LogP) is 4.86. The fraction of sp³-hybridized carbons (Fsp3) is 0.182. The van der Waals surface area contributed by atoms with E-state index < -0.39 is 6.60 Å². The molecule has 0 amide bonds. The van der Waals surface area contributed by atoms with Crippen molar-refractivity contribution in [2.24, 2.45) is 0 Å². The Labute approximate surface area is 150 Å². The Hall–Kier alpha value is -1.56. The molecule has 0 aromatic heterocycles. The van der Waals surface area contributed by atoms with E-state index in [1.807, 2.05) is 11.8 Å². The Morgan fingerprint density at radius 3 is 1.17 bits per heavy atom. The summed E-state index contributed by atoms with van der Waals surface area (Å²) in [6.45, 7) is 2.36. The van der Waals surface area contributed by atoms with Crippen LogP contribution in [-0.4, -0.2) is 17.9 Å². The van der Waals surface area contributed by atoms with Crippen LogP contribution in [0.15, 0.2) is 91.0 Å². The molecule has 1 unspecified atom stereocenters. The van der Waals surface area contributed by atoms with E-state index in [0.717, 1.165) is 0 Å². The molecule has 0 fully saturated rings. The zero-order chi connectivity index (χ0) is 17.1. The summed E-state index contributed by atoms with van der Waals surface area (Å²) in [4.78, 5) is 0.489. The summed E-state index contributed by atoms with van der Waals surface area (Å²) in [6.07, 6.45) is 2.24. The van der Waals surface area contributed by atoms with Crippen LogP contribution in [-0.2, 0) is 0 Å². The van der Waals surface area contributed by atoms with E-state index in [2.05, 4.69) is 111 Å².